The van der Waals surface area contributed by atoms with Crippen molar-refractivity contribution >= 4 is 34.5 Å². The van der Waals surface area contributed by atoms with Gasteiger partial charge in [-0.1, -0.05) is 23.1 Å². The number of aromatic nitrogens is 2. The van der Waals surface area contributed by atoms with E-state index >= 15 is 0 Å². The zero-order valence-corrected chi connectivity index (χ0v) is 13.5. The Morgan fingerprint density at radius 2 is 2.17 bits per heavy atom. The van der Waals surface area contributed by atoms with Crippen LogP contribution >= 0.6 is 23.1 Å². The molecule has 0 saturated heterocycles. The summed E-state index contributed by atoms with van der Waals surface area (Å²) >= 11 is 2.34. The molecule has 2 rings (SSSR count). The molecule has 10 heteroatoms. The normalized spacial score (nSPS) is 11.3. The lowest BCUT2D eigenvalue weighted by atomic mass is 10.1. The van der Waals surface area contributed by atoms with Crippen LogP contribution in [0.4, 0.5) is 18.3 Å². The highest BCUT2D eigenvalue weighted by Crippen LogP contribution is 2.32. The molecule has 1 heterocycles. The Hall–Kier alpha value is -1.81. The molecule has 0 saturated carbocycles. The Kier molecular flexibility index (Phi) is 5.83. The third-order valence-electron chi connectivity index (χ3n) is 2.64. The molecule has 0 radical (unpaired) electrons. The second kappa shape index (κ2) is 7.64. The van der Waals surface area contributed by atoms with E-state index in [9.17, 15) is 18.0 Å². The molecule has 0 aliphatic heterocycles. The summed E-state index contributed by atoms with van der Waals surface area (Å²) < 4.78 is 42.1. The van der Waals surface area contributed by atoms with Crippen LogP contribution in [0.1, 0.15) is 15.9 Å². The van der Waals surface area contributed by atoms with Crippen molar-refractivity contribution < 1.29 is 22.7 Å². The standard InChI is InChI=1S/C13H12F3N3O2S2/c1-21-10-3-2-8(5-20)4-9(10)6-22-12-19-18-11(23-12)17-7-13(14,15)16/h2-5H,6-7H2,1H3,(H,17,18). The quantitative estimate of drug-likeness (QED) is 0.599. The number of hydrogen-bond acceptors (Lipinski definition) is 7. The molecule has 23 heavy (non-hydrogen) atoms. The summed E-state index contributed by atoms with van der Waals surface area (Å²) in [5.41, 5.74) is 1.31. The second-order valence-corrected chi connectivity index (χ2v) is 6.52. The van der Waals surface area contributed by atoms with Crippen molar-refractivity contribution in [2.75, 3.05) is 19.0 Å². The van der Waals surface area contributed by atoms with Gasteiger partial charge in [0.25, 0.3) is 0 Å². The number of alkyl halides is 3. The van der Waals surface area contributed by atoms with Gasteiger partial charge in [0.05, 0.1) is 7.11 Å². The van der Waals surface area contributed by atoms with Gasteiger partial charge in [-0.15, -0.1) is 10.2 Å². The number of carbonyl (C=O) groups is 1. The van der Waals surface area contributed by atoms with Crippen molar-refractivity contribution in [1.82, 2.24) is 10.2 Å². The van der Waals surface area contributed by atoms with E-state index in [0.717, 1.165) is 23.2 Å². The van der Waals surface area contributed by atoms with Gasteiger partial charge in [-0.25, -0.2) is 0 Å². The molecule has 0 spiro atoms. The highest BCUT2D eigenvalue weighted by atomic mass is 32.2. The summed E-state index contributed by atoms with van der Waals surface area (Å²) in [6, 6.07) is 5.03. The van der Waals surface area contributed by atoms with Gasteiger partial charge in [0.2, 0.25) is 5.13 Å². The van der Waals surface area contributed by atoms with Gasteiger partial charge in [0.15, 0.2) is 4.34 Å². The van der Waals surface area contributed by atoms with Gasteiger partial charge in [0, 0.05) is 16.9 Å². The van der Waals surface area contributed by atoms with Crippen LogP contribution < -0.4 is 10.1 Å². The van der Waals surface area contributed by atoms with Gasteiger partial charge in [-0.2, -0.15) is 13.2 Å². The van der Waals surface area contributed by atoms with Gasteiger partial charge >= 0.3 is 6.18 Å². The van der Waals surface area contributed by atoms with Gasteiger partial charge in [-0.3, -0.25) is 4.79 Å². The average Bonchev–Trinajstić information content (AvgIpc) is 2.98. The van der Waals surface area contributed by atoms with Gasteiger partial charge in [-0.05, 0) is 18.2 Å². The third-order valence-corrected chi connectivity index (χ3v) is 4.70. The maximum absolute atomic E-state index is 12.1. The number of hydrogen-bond donors (Lipinski definition) is 1. The number of thioether (sulfide) groups is 1. The Bertz CT molecular complexity index is 677. The molecule has 0 aliphatic rings. The molecule has 0 fully saturated rings. The number of carbonyl (C=O) groups excluding carboxylic acids is 1. The van der Waals surface area contributed by atoms with Crippen LogP contribution in [-0.4, -0.2) is 36.3 Å². The Morgan fingerprint density at radius 1 is 1.39 bits per heavy atom. The van der Waals surface area contributed by atoms with E-state index in [0.29, 0.717) is 21.4 Å². The van der Waals surface area contributed by atoms with Crippen molar-refractivity contribution in [3.63, 3.8) is 0 Å². The summed E-state index contributed by atoms with van der Waals surface area (Å²) in [5.74, 6) is 1.08. The number of rotatable bonds is 7. The summed E-state index contributed by atoms with van der Waals surface area (Å²) in [6.45, 7) is -1.15. The fourth-order valence-corrected chi connectivity index (χ4v) is 3.36. The largest absolute Gasteiger partial charge is 0.496 e. The van der Waals surface area contributed by atoms with Crippen LogP contribution in [0.2, 0.25) is 0 Å². The molecule has 0 unspecified atom stereocenters. The fraction of sp³-hybridized carbons (Fsp3) is 0.308. The van der Waals surface area contributed by atoms with E-state index in [-0.39, 0.29) is 5.13 Å². The van der Waals surface area contributed by atoms with Crippen LogP contribution in [0.15, 0.2) is 22.5 Å². The number of nitrogens with zero attached hydrogens (tertiary/aromatic N) is 2. The van der Waals surface area contributed by atoms with Crippen LogP contribution in [0.5, 0.6) is 5.75 Å². The maximum atomic E-state index is 12.1. The first-order chi connectivity index (χ1) is 10.9. The number of benzene rings is 1. The summed E-state index contributed by atoms with van der Waals surface area (Å²) in [5, 5.41) is 9.77. The number of anilines is 1. The number of methoxy groups -OCH3 is 1. The van der Waals surface area contributed by atoms with E-state index < -0.39 is 12.7 Å². The molecule has 5 nitrogen and oxygen atoms in total. The average molecular weight is 363 g/mol. The smallest absolute Gasteiger partial charge is 0.405 e. The molecule has 0 amide bonds. The van der Waals surface area contributed by atoms with E-state index in [2.05, 4.69) is 15.5 Å². The van der Waals surface area contributed by atoms with Crippen molar-refractivity contribution in [2.45, 2.75) is 16.3 Å². The third kappa shape index (κ3) is 5.39. The van der Waals surface area contributed by atoms with Crippen LogP contribution in [-0.2, 0) is 5.75 Å². The lowest BCUT2D eigenvalue weighted by molar-refractivity contribution is -0.115. The van der Waals surface area contributed by atoms with Crippen LogP contribution in [0.25, 0.3) is 0 Å². The molecule has 0 bridgehead atoms. The van der Waals surface area contributed by atoms with Crippen molar-refractivity contribution in [3.05, 3.63) is 29.3 Å². The van der Waals surface area contributed by atoms with Crippen LogP contribution in [0.3, 0.4) is 0 Å². The van der Waals surface area contributed by atoms with Crippen LogP contribution in [0, 0.1) is 0 Å². The minimum absolute atomic E-state index is 0.110. The number of ether oxygens (including phenoxy) is 1. The Labute approximate surface area is 138 Å². The first kappa shape index (κ1) is 17.5. The van der Waals surface area contributed by atoms with Gasteiger partial charge in [0.1, 0.15) is 18.6 Å². The molecule has 1 N–H and O–H groups in total. The van der Waals surface area contributed by atoms with Crippen molar-refractivity contribution in [3.8, 4) is 5.75 Å². The highest BCUT2D eigenvalue weighted by molar-refractivity contribution is 8.00. The fourth-order valence-electron chi connectivity index (χ4n) is 1.64. The molecule has 1 aromatic carbocycles. The van der Waals surface area contributed by atoms with Crippen molar-refractivity contribution in [1.29, 1.82) is 0 Å². The first-order valence-electron chi connectivity index (χ1n) is 6.30. The first-order valence-corrected chi connectivity index (χ1v) is 8.10. The highest BCUT2D eigenvalue weighted by Gasteiger charge is 2.27. The number of halogens is 3. The zero-order chi connectivity index (χ0) is 16.9. The summed E-state index contributed by atoms with van der Waals surface area (Å²) in [6.07, 6.45) is -3.57. The van der Waals surface area contributed by atoms with E-state index in [1.807, 2.05) is 0 Å². The maximum Gasteiger partial charge on any atom is 0.405 e. The minimum atomic E-state index is -4.30. The number of aldehydes is 1. The SMILES string of the molecule is COc1ccc(C=O)cc1CSc1nnc(NCC(F)(F)F)s1. The Balaban J connectivity index is 1.98. The molecule has 1 aromatic heterocycles. The topological polar surface area (TPSA) is 64.1 Å². The summed E-state index contributed by atoms with van der Waals surface area (Å²) in [4.78, 5) is 10.8. The molecular formula is C13H12F3N3O2S2. The van der Waals surface area contributed by atoms with Gasteiger partial charge < -0.3 is 10.1 Å². The predicted molar refractivity (Wildman–Crippen MR) is 82.4 cm³/mol. The minimum Gasteiger partial charge on any atom is -0.496 e. The lowest BCUT2D eigenvalue weighted by Crippen LogP contribution is -2.21. The number of nitrogens with one attached hydrogen (secondary N) is 1. The molecule has 124 valence electrons. The molecule has 2 aromatic rings. The van der Waals surface area contributed by atoms with Crippen molar-refractivity contribution in [2.24, 2.45) is 0 Å². The zero-order valence-electron chi connectivity index (χ0n) is 11.9. The molecule has 0 aliphatic carbocycles. The van der Waals surface area contributed by atoms with E-state index in [4.69, 9.17) is 4.74 Å². The summed E-state index contributed by atoms with van der Waals surface area (Å²) in [7, 11) is 1.52. The monoisotopic (exact) mass is 363 g/mol. The second-order valence-electron chi connectivity index (χ2n) is 4.32. The molecule has 0 atom stereocenters. The predicted octanol–water partition coefficient (Wildman–Crippen LogP) is 3.63. The lowest BCUT2D eigenvalue weighted by Gasteiger charge is -2.07. The van der Waals surface area contributed by atoms with E-state index in [1.54, 1.807) is 18.2 Å². The molecular weight excluding hydrogens is 351 g/mol. The Morgan fingerprint density at radius 3 is 2.83 bits per heavy atom. The van der Waals surface area contributed by atoms with E-state index in [1.165, 1.54) is 18.9 Å².